The van der Waals surface area contributed by atoms with E-state index in [0.717, 1.165) is 18.4 Å². The van der Waals surface area contributed by atoms with Gasteiger partial charge in [0.25, 0.3) is 11.8 Å². The van der Waals surface area contributed by atoms with Crippen LogP contribution in [0.1, 0.15) is 45.0 Å². The molecule has 3 aromatic rings. The predicted octanol–water partition coefficient (Wildman–Crippen LogP) is 5.08. The summed E-state index contributed by atoms with van der Waals surface area (Å²) in [5.74, 6) is 0.212. The van der Waals surface area contributed by atoms with Crippen molar-refractivity contribution in [3.8, 4) is 5.75 Å². The van der Waals surface area contributed by atoms with Crippen molar-refractivity contribution in [3.63, 3.8) is 0 Å². The molecule has 1 aliphatic rings. The zero-order chi connectivity index (χ0) is 26.4. The highest BCUT2D eigenvalue weighted by molar-refractivity contribution is 6.34. The number of halogens is 1. The van der Waals surface area contributed by atoms with Gasteiger partial charge in [-0.2, -0.15) is 0 Å². The highest BCUT2D eigenvalue weighted by atomic mass is 35.5. The lowest BCUT2D eigenvalue weighted by molar-refractivity contribution is -0.116. The molecule has 0 atom stereocenters. The summed E-state index contributed by atoms with van der Waals surface area (Å²) in [5, 5.41) is 3.24. The van der Waals surface area contributed by atoms with Crippen molar-refractivity contribution in [2.45, 2.75) is 18.8 Å². The number of nitrogens with one attached hydrogen (secondary N) is 1. The Labute approximate surface area is 222 Å². The van der Waals surface area contributed by atoms with E-state index in [1.165, 1.54) is 12.0 Å². The van der Waals surface area contributed by atoms with Crippen molar-refractivity contribution < 1.29 is 19.1 Å². The van der Waals surface area contributed by atoms with Crippen LogP contribution in [0.4, 0.5) is 5.69 Å². The van der Waals surface area contributed by atoms with E-state index in [2.05, 4.69) is 5.32 Å². The smallest absolute Gasteiger partial charge is 0.259 e. The first-order chi connectivity index (χ1) is 17.9. The maximum Gasteiger partial charge on any atom is 0.259 e. The number of ether oxygens (including phenoxy) is 1. The molecule has 4 rings (SSSR count). The third-order valence-corrected chi connectivity index (χ3v) is 6.92. The van der Waals surface area contributed by atoms with Crippen molar-refractivity contribution in [3.05, 3.63) is 94.5 Å². The second-order valence-corrected chi connectivity index (χ2v) is 9.49. The summed E-state index contributed by atoms with van der Waals surface area (Å²) in [6.45, 7) is 1.20. The molecule has 0 spiro atoms. The molecule has 1 fully saturated rings. The third kappa shape index (κ3) is 6.30. The Balaban J connectivity index is 1.29. The quantitative estimate of drug-likeness (QED) is 0.472. The third-order valence-electron chi connectivity index (χ3n) is 6.61. The van der Waals surface area contributed by atoms with Crippen LogP contribution in [0.25, 0.3) is 0 Å². The first-order valence-electron chi connectivity index (χ1n) is 12.2. The topological polar surface area (TPSA) is 79.0 Å². The van der Waals surface area contributed by atoms with Gasteiger partial charge in [-0.05, 0) is 60.7 Å². The summed E-state index contributed by atoms with van der Waals surface area (Å²) in [4.78, 5) is 41.2. The van der Waals surface area contributed by atoms with Gasteiger partial charge in [0.15, 0.2) is 0 Å². The number of amides is 3. The Morgan fingerprint density at radius 1 is 0.973 bits per heavy atom. The van der Waals surface area contributed by atoms with Crippen molar-refractivity contribution in [1.29, 1.82) is 0 Å². The second kappa shape index (κ2) is 11.9. The van der Waals surface area contributed by atoms with Crippen LogP contribution >= 0.6 is 11.6 Å². The number of hydrogen-bond donors (Lipinski definition) is 1. The fourth-order valence-corrected chi connectivity index (χ4v) is 4.83. The van der Waals surface area contributed by atoms with Crippen LogP contribution in [-0.2, 0) is 4.79 Å². The summed E-state index contributed by atoms with van der Waals surface area (Å²) in [6, 6.07) is 21.8. The van der Waals surface area contributed by atoms with Crippen molar-refractivity contribution in [2.24, 2.45) is 0 Å². The highest BCUT2D eigenvalue weighted by Gasteiger charge is 2.27. The van der Waals surface area contributed by atoms with Gasteiger partial charge in [-0.1, -0.05) is 48.0 Å². The van der Waals surface area contributed by atoms with Crippen LogP contribution in [0.5, 0.6) is 5.75 Å². The second-order valence-electron chi connectivity index (χ2n) is 9.08. The number of likely N-dealkylation sites (N-methyl/N-ethyl adjacent to an activating group) is 1. The minimum absolute atomic E-state index is 0.0435. The number of carbonyl (C=O) groups excluding carboxylic acids is 3. The summed E-state index contributed by atoms with van der Waals surface area (Å²) in [5.41, 5.74) is 2.78. The molecule has 0 saturated carbocycles. The molecule has 3 amide bonds. The van der Waals surface area contributed by atoms with Gasteiger partial charge in [-0.25, -0.2) is 0 Å². The molecule has 0 aliphatic carbocycles. The van der Waals surface area contributed by atoms with E-state index in [1.807, 2.05) is 35.2 Å². The molecular formula is C29H30ClN3O4. The van der Waals surface area contributed by atoms with Crippen molar-refractivity contribution in [2.75, 3.05) is 39.1 Å². The van der Waals surface area contributed by atoms with Gasteiger partial charge in [0.05, 0.1) is 18.7 Å². The predicted molar refractivity (Wildman–Crippen MR) is 144 cm³/mol. The average molecular weight is 520 g/mol. The van der Waals surface area contributed by atoms with Gasteiger partial charge in [-0.15, -0.1) is 0 Å². The van der Waals surface area contributed by atoms with E-state index in [1.54, 1.807) is 49.5 Å². The normalized spacial score (nSPS) is 13.6. The molecule has 1 heterocycles. The number of likely N-dealkylation sites (tertiary alicyclic amines) is 1. The number of hydrogen-bond acceptors (Lipinski definition) is 4. The van der Waals surface area contributed by atoms with Crippen LogP contribution in [0.2, 0.25) is 5.02 Å². The van der Waals surface area contributed by atoms with E-state index in [4.69, 9.17) is 16.3 Å². The molecule has 0 unspecified atom stereocenters. The van der Waals surface area contributed by atoms with E-state index in [-0.39, 0.29) is 24.3 Å². The fraction of sp³-hybridized carbons (Fsp3) is 0.276. The lowest BCUT2D eigenvalue weighted by Gasteiger charge is -2.32. The number of methoxy groups -OCH3 is 1. The SMILES string of the molecule is COc1cccc(Cl)c1C(=O)N1CCC(c2ccc(NC(=O)CN(C)C(=O)c3ccccc3)cc2)CC1. The molecule has 0 bridgehead atoms. The van der Waals surface area contributed by atoms with Gasteiger partial charge < -0.3 is 19.9 Å². The molecule has 1 N–H and O–H groups in total. The Morgan fingerprint density at radius 3 is 2.30 bits per heavy atom. The number of nitrogens with zero attached hydrogens (tertiary/aromatic N) is 2. The number of carbonyl (C=O) groups is 3. The molecule has 192 valence electrons. The zero-order valence-corrected chi connectivity index (χ0v) is 21.7. The minimum atomic E-state index is -0.263. The van der Waals surface area contributed by atoms with E-state index >= 15 is 0 Å². The van der Waals surface area contributed by atoms with E-state index in [9.17, 15) is 14.4 Å². The molecule has 1 saturated heterocycles. The summed E-state index contributed by atoms with van der Waals surface area (Å²) < 4.78 is 5.34. The molecule has 0 aromatic heterocycles. The molecule has 7 nitrogen and oxygen atoms in total. The Kier molecular flexibility index (Phi) is 8.46. The number of anilines is 1. The van der Waals surface area contributed by atoms with E-state index < -0.39 is 0 Å². The average Bonchev–Trinajstić information content (AvgIpc) is 2.93. The van der Waals surface area contributed by atoms with Gasteiger partial charge in [0.2, 0.25) is 5.91 Å². The van der Waals surface area contributed by atoms with Gasteiger partial charge in [0, 0.05) is 31.4 Å². The number of rotatable bonds is 7. The fourth-order valence-electron chi connectivity index (χ4n) is 4.58. The largest absolute Gasteiger partial charge is 0.496 e. The molecule has 1 aliphatic heterocycles. The minimum Gasteiger partial charge on any atom is -0.496 e. The van der Waals surface area contributed by atoms with Crippen LogP contribution in [0, 0.1) is 0 Å². The zero-order valence-electron chi connectivity index (χ0n) is 20.9. The number of benzene rings is 3. The van der Waals surface area contributed by atoms with Crippen LogP contribution in [0.15, 0.2) is 72.8 Å². The maximum absolute atomic E-state index is 13.1. The van der Waals surface area contributed by atoms with Gasteiger partial charge in [0.1, 0.15) is 11.3 Å². The van der Waals surface area contributed by atoms with E-state index in [0.29, 0.717) is 46.6 Å². The van der Waals surface area contributed by atoms with Crippen LogP contribution < -0.4 is 10.1 Å². The lowest BCUT2D eigenvalue weighted by atomic mass is 9.89. The molecule has 8 heteroatoms. The maximum atomic E-state index is 13.1. The van der Waals surface area contributed by atoms with Crippen molar-refractivity contribution >= 4 is 35.0 Å². The summed E-state index contributed by atoms with van der Waals surface area (Å²) in [7, 11) is 3.14. The molecule has 0 radical (unpaired) electrons. The van der Waals surface area contributed by atoms with Gasteiger partial charge in [-0.3, -0.25) is 14.4 Å². The standard InChI is InChI=1S/C29H30ClN3O4/c1-32(28(35)22-7-4-3-5-8-22)19-26(34)31-23-13-11-20(12-14-23)21-15-17-33(18-16-21)29(36)27-24(30)9-6-10-25(27)37-2/h3-14,21H,15-19H2,1-2H3,(H,31,34). The summed E-state index contributed by atoms with van der Waals surface area (Å²) in [6.07, 6.45) is 1.66. The number of piperidine rings is 1. The first-order valence-corrected chi connectivity index (χ1v) is 12.6. The van der Waals surface area contributed by atoms with Crippen molar-refractivity contribution in [1.82, 2.24) is 9.80 Å². The lowest BCUT2D eigenvalue weighted by Crippen LogP contribution is -2.38. The highest BCUT2D eigenvalue weighted by Crippen LogP contribution is 2.32. The Bertz CT molecular complexity index is 1260. The Hall–Kier alpha value is -3.84. The molecule has 3 aromatic carbocycles. The molecule has 37 heavy (non-hydrogen) atoms. The van der Waals surface area contributed by atoms with Crippen LogP contribution in [0.3, 0.4) is 0 Å². The summed E-state index contributed by atoms with van der Waals surface area (Å²) >= 11 is 6.29. The Morgan fingerprint density at radius 2 is 1.65 bits per heavy atom. The van der Waals surface area contributed by atoms with Gasteiger partial charge >= 0.3 is 0 Å². The monoisotopic (exact) mass is 519 g/mol. The van der Waals surface area contributed by atoms with Crippen LogP contribution in [-0.4, -0.2) is 61.3 Å². The molecular weight excluding hydrogens is 490 g/mol. The first kappa shape index (κ1) is 26.2.